The summed E-state index contributed by atoms with van der Waals surface area (Å²) >= 11 is 0. The molecule has 0 fully saturated rings. The molecule has 0 bridgehead atoms. The van der Waals surface area contributed by atoms with E-state index in [-0.39, 0.29) is 0 Å². The van der Waals surface area contributed by atoms with Gasteiger partial charge in [0.05, 0.1) is 16.2 Å². The van der Waals surface area contributed by atoms with Crippen LogP contribution in [0.25, 0.3) is 0 Å². The Morgan fingerprint density at radius 1 is 0.750 bits per heavy atom. The molecule has 2 atom stereocenters. The quantitative estimate of drug-likeness (QED) is 0.319. The third-order valence-electron chi connectivity index (χ3n) is 5.57. The lowest BCUT2D eigenvalue weighted by Crippen LogP contribution is -2.25. The topological polar surface area (TPSA) is 17.1 Å². The van der Waals surface area contributed by atoms with E-state index < -0.39 is 16.2 Å². The van der Waals surface area contributed by atoms with Crippen LogP contribution in [0.2, 0.25) is 0 Å². The van der Waals surface area contributed by atoms with Crippen molar-refractivity contribution in [3.8, 4) is 11.8 Å². The van der Waals surface area contributed by atoms with Crippen LogP contribution in [-0.2, 0) is 22.6 Å². The Morgan fingerprint density at radius 3 is 2.03 bits per heavy atom. The second kappa shape index (κ2) is 9.81. The monoisotopic (exact) mass is 434 g/mol. The average molecular weight is 435 g/mol. The fourth-order valence-electron chi connectivity index (χ4n) is 3.82. The van der Waals surface area contributed by atoms with E-state index in [9.17, 15) is 4.21 Å². The molecule has 4 aromatic rings. The van der Waals surface area contributed by atoms with Gasteiger partial charge in [0, 0.05) is 15.4 Å². The van der Waals surface area contributed by atoms with E-state index in [1.165, 1.54) is 5.56 Å². The van der Waals surface area contributed by atoms with E-state index in [4.69, 9.17) is 0 Å². The molecule has 2 heteroatoms. The second-order valence-corrected chi connectivity index (χ2v) is 9.64. The van der Waals surface area contributed by atoms with Gasteiger partial charge in [0.25, 0.3) is 0 Å². The third kappa shape index (κ3) is 5.07. The smallest absolute Gasteiger partial charge is 0.0852 e. The number of benzene rings is 4. The summed E-state index contributed by atoms with van der Waals surface area (Å²) in [6, 6.07) is 36.3. The van der Waals surface area contributed by atoms with Gasteiger partial charge in [-0.1, -0.05) is 96.3 Å². The highest BCUT2D eigenvalue weighted by Crippen LogP contribution is 2.34. The van der Waals surface area contributed by atoms with Crippen molar-refractivity contribution in [3.63, 3.8) is 0 Å². The normalized spacial score (nSPS) is 13.4. The number of aryl methyl sites for hydroxylation is 1. The maximum atomic E-state index is 13.6. The molecule has 158 valence electrons. The first kappa shape index (κ1) is 21.8. The first-order valence-electron chi connectivity index (χ1n) is 10.8. The molecule has 0 aromatic heterocycles. The van der Waals surface area contributed by atoms with Crippen molar-refractivity contribution in [1.82, 2.24) is 0 Å². The number of rotatable bonds is 5. The molecule has 0 saturated carbocycles. The molecule has 32 heavy (non-hydrogen) atoms. The van der Waals surface area contributed by atoms with E-state index in [0.717, 1.165) is 32.9 Å². The molecule has 0 amide bonds. The molecule has 0 heterocycles. The predicted molar refractivity (Wildman–Crippen MR) is 133 cm³/mol. The van der Waals surface area contributed by atoms with Gasteiger partial charge in [0.15, 0.2) is 0 Å². The lowest BCUT2D eigenvalue weighted by atomic mass is 9.77. The van der Waals surface area contributed by atoms with Gasteiger partial charge in [0.2, 0.25) is 0 Å². The predicted octanol–water partition coefficient (Wildman–Crippen LogP) is 6.71. The lowest BCUT2D eigenvalue weighted by molar-refractivity contribution is 0.599. The standard InChI is InChI=1S/C30H26OS/c1-24-17-19-27(20-18-24)32(31)29-16-10-9-15-28(29)30(2,23-26-13-7-4-8-14-26)22-21-25-11-5-3-6-12-25/h3-20H,23H2,1-2H3/t30-,32?/m1/s1. The molecule has 0 saturated heterocycles. The van der Waals surface area contributed by atoms with Crippen molar-refractivity contribution in [3.05, 3.63) is 131 Å². The van der Waals surface area contributed by atoms with Gasteiger partial charge in [-0.15, -0.1) is 0 Å². The molecule has 1 unspecified atom stereocenters. The Labute approximate surface area is 193 Å². The summed E-state index contributed by atoms with van der Waals surface area (Å²) < 4.78 is 13.6. The maximum absolute atomic E-state index is 13.6. The van der Waals surface area contributed by atoms with Crippen LogP contribution in [0.4, 0.5) is 0 Å². The minimum Gasteiger partial charge on any atom is -0.249 e. The molecule has 4 aromatic carbocycles. The maximum Gasteiger partial charge on any atom is 0.0852 e. The average Bonchev–Trinajstić information content (AvgIpc) is 2.84. The molecule has 0 aliphatic rings. The molecule has 0 spiro atoms. The Balaban J connectivity index is 1.82. The first-order valence-corrected chi connectivity index (χ1v) is 11.9. The lowest BCUT2D eigenvalue weighted by Gasteiger charge is -2.27. The first-order chi connectivity index (χ1) is 15.5. The Hall–Kier alpha value is -3.41. The van der Waals surface area contributed by atoms with E-state index in [1.807, 2.05) is 85.8 Å². The molecular formula is C30H26OS. The van der Waals surface area contributed by atoms with Crippen molar-refractivity contribution >= 4 is 10.8 Å². The van der Waals surface area contributed by atoms with Crippen LogP contribution in [0.1, 0.15) is 29.2 Å². The summed E-state index contributed by atoms with van der Waals surface area (Å²) in [5.74, 6) is 6.92. The summed E-state index contributed by atoms with van der Waals surface area (Å²) in [5.41, 5.74) is 3.83. The van der Waals surface area contributed by atoms with Gasteiger partial charge < -0.3 is 0 Å². The highest BCUT2D eigenvalue weighted by Gasteiger charge is 2.29. The van der Waals surface area contributed by atoms with Gasteiger partial charge >= 0.3 is 0 Å². The Bertz CT molecular complexity index is 1270. The highest BCUT2D eigenvalue weighted by molar-refractivity contribution is 7.85. The largest absolute Gasteiger partial charge is 0.249 e. The van der Waals surface area contributed by atoms with Crippen LogP contribution in [0, 0.1) is 18.8 Å². The molecule has 0 radical (unpaired) electrons. The van der Waals surface area contributed by atoms with Crippen molar-refractivity contribution in [2.75, 3.05) is 0 Å². The van der Waals surface area contributed by atoms with E-state index in [1.54, 1.807) is 0 Å². The SMILES string of the molecule is Cc1ccc(S(=O)c2ccccc2[C@](C)(C#Cc2ccccc2)Cc2ccccc2)cc1. The Morgan fingerprint density at radius 2 is 1.34 bits per heavy atom. The van der Waals surface area contributed by atoms with Crippen LogP contribution in [0.15, 0.2) is 119 Å². The van der Waals surface area contributed by atoms with E-state index in [2.05, 4.69) is 49.1 Å². The van der Waals surface area contributed by atoms with E-state index >= 15 is 0 Å². The summed E-state index contributed by atoms with van der Waals surface area (Å²) in [5, 5.41) is 0. The Kier molecular flexibility index (Phi) is 6.69. The summed E-state index contributed by atoms with van der Waals surface area (Å²) in [7, 11) is -1.29. The van der Waals surface area contributed by atoms with Crippen LogP contribution in [0.3, 0.4) is 0 Å². The van der Waals surface area contributed by atoms with Gasteiger partial charge in [-0.2, -0.15) is 0 Å². The van der Waals surface area contributed by atoms with Crippen LogP contribution < -0.4 is 0 Å². The number of hydrogen-bond donors (Lipinski definition) is 0. The molecule has 1 nitrogen and oxygen atoms in total. The number of hydrogen-bond acceptors (Lipinski definition) is 1. The third-order valence-corrected chi connectivity index (χ3v) is 7.03. The minimum absolute atomic E-state index is 0.506. The zero-order chi connectivity index (χ0) is 22.4. The molecule has 4 rings (SSSR count). The highest BCUT2D eigenvalue weighted by atomic mass is 32.2. The molecular weight excluding hydrogens is 408 g/mol. The fraction of sp³-hybridized carbons (Fsp3) is 0.133. The minimum atomic E-state index is -1.29. The summed E-state index contributed by atoms with van der Waals surface area (Å²) in [6.07, 6.45) is 0.732. The zero-order valence-electron chi connectivity index (χ0n) is 18.4. The van der Waals surface area contributed by atoms with Gasteiger partial charge in [0.1, 0.15) is 0 Å². The van der Waals surface area contributed by atoms with Gasteiger partial charge in [-0.25, -0.2) is 4.21 Å². The van der Waals surface area contributed by atoms with Crippen molar-refractivity contribution in [2.45, 2.75) is 35.5 Å². The summed E-state index contributed by atoms with van der Waals surface area (Å²) in [6.45, 7) is 4.19. The van der Waals surface area contributed by atoms with Crippen LogP contribution in [0.5, 0.6) is 0 Å². The zero-order valence-corrected chi connectivity index (χ0v) is 19.2. The molecule has 0 aliphatic carbocycles. The second-order valence-electron chi connectivity index (χ2n) is 8.19. The van der Waals surface area contributed by atoms with Crippen LogP contribution >= 0.6 is 0 Å². The van der Waals surface area contributed by atoms with Crippen molar-refractivity contribution < 1.29 is 4.21 Å². The van der Waals surface area contributed by atoms with Crippen LogP contribution in [-0.4, -0.2) is 4.21 Å². The van der Waals surface area contributed by atoms with Gasteiger partial charge in [-0.3, -0.25) is 0 Å². The summed E-state index contributed by atoms with van der Waals surface area (Å²) in [4.78, 5) is 1.62. The molecule has 0 aliphatic heterocycles. The van der Waals surface area contributed by atoms with E-state index in [0.29, 0.717) is 0 Å². The molecule has 0 N–H and O–H groups in total. The van der Waals surface area contributed by atoms with Gasteiger partial charge in [-0.05, 0) is 61.7 Å². The van der Waals surface area contributed by atoms with Crippen molar-refractivity contribution in [1.29, 1.82) is 0 Å². The van der Waals surface area contributed by atoms with Crippen molar-refractivity contribution in [2.24, 2.45) is 0 Å². The fourth-order valence-corrected chi connectivity index (χ4v) is 5.15.